The highest BCUT2D eigenvalue weighted by molar-refractivity contribution is 6.52. The van der Waals surface area contributed by atoms with Crippen molar-refractivity contribution in [3.8, 4) is 0 Å². The molecule has 24 heteroatoms. The molecular formula is C38H46B2Cl4N6O12. The lowest BCUT2D eigenvalue weighted by atomic mass is 9.74. The maximum absolute atomic E-state index is 12.8. The first-order valence-corrected chi connectivity index (χ1v) is 21.1. The van der Waals surface area contributed by atoms with E-state index in [1.54, 1.807) is 0 Å². The van der Waals surface area contributed by atoms with E-state index in [9.17, 15) is 38.4 Å². The Hall–Kier alpha value is -4.59. The second-order valence-corrected chi connectivity index (χ2v) is 16.9. The molecule has 0 spiro atoms. The van der Waals surface area contributed by atoms with Crippen LogP contribution in [-0.4, -0.2) is 112 Å². The van der Waals surface area contributed by atoms with Crippen LogP contribution >= 0.6 is 46.4 Å². The molecule has 4 rings (SSSR count). The van der Waals surface area contributed by atoms with Crippen molar-refractivity contribution < 1.29 is 57.0 Å². The summed E-state index contributed by atoms with van der Waals surface area (Å²) in [6, 6.07) is 8.67. The minimum absolute atomic E-state index is 0.0247. The summed E-state index contributed by atoms with van der Waals surface area (Å²) in [7, 11) is -2.42. The molecule has 0 aromatic heterocycles. The van der Waals surface area contributed by atoms with Gasteiger partial charge in [0.2, 0.25) is 23.6 Å². The van der Waals surface area contributed by atoms with Crippen LogP contribution in [0.5, 0.6) is 0 Å². The standard InChI is InChI=1S/C38H46B2Cl4N6O12/c1-19(2)11-29(49-33(53)17-47-35(55)23-13-21(41)5-7-25(23)43)39-59-27(37(57)61-39)15-31(51)45-9-10-46-32(52)16-28-38(58)62-40(60-28)30(12-20(3)4)50-34(54)18-48-36(56)24-14-22(42)6-8-26(24)44/h5-8,13-14,19-20,27-30H,9-12,15-18H2,1-4H3,(H,45,51)(H,46,52)(H,47,55)(H,48,56)(H,49,53)(H,50,54)/t27-,28-,29+,30+/m1/s1. The summed E-state index contributed by atoms with van der Waals surface area (Å²) in [5.41, 5.74) is 0.171. The summed E-state index contributed by atoms with van der Waals surface area (Å²) in [5.74, 6) is -6.81. The van der Waals surface area contributed by atoms with E-state index in [0.717, 1.165) is 0 Å². The third-order valence-electron chi connectivity index (χ3n) is 9.06. The van der Waals surface area contributed by atoms with Gasteiger partial charge in [-0.15, -0.1) is 0 Å². The second kappa shape index (κ2) is 23.7. The Labute approximate surface area is 378 Å². The van der Waals surface area contributed by atoms with E-state index < -0.39 is 112 Å². The van der Waals surface area contributed by atoms with Crippen LogP contribution in [0.15, 0.2) is 36.4 Å². The normalized spacial score (nSPS) is 16.9. The summed E-state index contributed by atoms with van der Waals surface area (Å²) >= 11 is 24.0. The van der Waals surface area contributed by atoms with E-state index >= 15 is 0 Å². The second-order valence-electron chi connectivity index (χ2n) is 15.2. The van der Waals surface area contributed by atoms with Crippen molar-refractivity contribution >= 4 is 108 Å². The van der Waals surface area contributed by atoms with Crippen molar-refractivity contribution in [1.82, 2.24) is 31.9 Å². The molecule has 2 fully saturated rings. The molecular weight excluding hydrogens is 896 g/mol. The molecule has 2 aromatic rings. The van der Waals surface area contributed by atoms with Gasteiger partial charge in [-0.3, -0.25) is 38.4 Å². The molecule has 2 heterocycles. The third-order valence-corrected chi connectivity index (χ3v) is 10.2. The zero-order valence-corrected chi connectivity index (χ0v) is 37.2. The number of halogens is 4. The number of hydrogen-bond acceptors (Lipinski definition) is 12. The molecule has 0 bridgehead atoms. The van der Waals surface area contributed by atoms with E-state index in [2.05, 4.69) is 31.9 Å². The number of rotatable bonds is 21. The van der Waals surface area contributed by atoms with E-state index in [0.29, 0.717) is 12.8 Å². The molecule has 0 aliphatic carbocycles. The number of carbonyl (C=O) groups is 8. The molecule has 6 amide bonds. The lowest BCUT2D eigenvalue weighted by Crippen LogP contribution is -2.51. The van der Waals surface area contributed by atoms with Gasteiger partial charge in [0.1, 0.15) is 12.2 Å². The minimum atomic E-state index is -1.28. The minimum Gasteiger partial charge on any atom is -0.506 e. The van der Waals surface area contributed by atoms with Crippen LogP contribution < -0.4 is 31.9 Å². The van der Waals surface area contributed by atoms with Crippen molar-refractivity contribution in [2.24, 2.45) is 11.8 Å². The van der Waals surface area contributed by atoms with Crippen molar-refractivity contribution in [3.05, 3.63) is 67.6 Å². The number of carbonyl (C=O) groups excluding carboxylic acids is 8. The fourth-order valence-electron chi connectivity index (χ4n) is 6.24. The summed E-state index contributed by atoms with van der Waals surface area (Å²) < 4.78 is 22.2. The summed E-state index contributed by atoms with van der Waals surface area (Å²) in [5, 5.41) is 16.3. The fourth-order valence-corrected chi connectivity index (χ4v) is 6.99. The number of amides is 6. The van der Waals surface area contributed by atoms with Gasteiger partial charge in [-0.05, 0) is 61.1 Å². The van der Waals surface area contributed by atoms with Gasteiger partial charge in [0.25, 0.3) is 11.8 Å². The first kappa shape index (κ1) is 50.1. The zero-order valence-electron chi connectivity index (χ0n) is 34.2. The van der Waals surface area contributed by atoms with Gasteiger partial charge in [0.15, 0.2) is 0 Å². The number of nitrogens with one attached hydrogen (secondary N) is 6. The average Bonchev–Trinajstić information content (AvgIpc) is 3.75. The van der Waals surface area contributed by atoms with Crippen molar-refractivity contribution in [3.63, 3.8) is 0 Å². The van der Waals surface area contributed by atoms with Gasteiger partial charge >= 0.3 is 26.2 Å². The quantitative estimate of drug-likeness (QED) is 0.0782. The molecule has 2 aliphatic rings. The Kier molecular flexibility index (Phi) is 19.2. The Morgan fingerprint density at radius 3 is 1.31 bits per heavy atom. The SMILES string of the molecule is CC(C)C[C@H](NC(=O)CNC(=O)c1cc(Cl)ccc1Cl)B1OC(=O)[C@@H](CC(=O)NCCNC(=O)C[C@H]2OB([C@H](CC(C)C)NC(=O)CNC(=O)c3cc(Cl)ccc3Cl)OC2=O)O1. The predicted octanol–water partition coefficient (Wildman–Crippen LogP) is 2.47. The monoisotopic (exact) mass is 940 g/mol. The largest absolute Gasteiger partial charge is 0.552 e. The molecule has 6 N–H and O–H groups in total. The molecule has 4 atom stereocenters. The highest BCUT2D eigenvalue weighted by Crippen LogP contribution is 2.23. The van der Waals surface area contributed by atoms with Crippen LogP contribution in [0.4, 0.5) is 0 Å². The van der Waals surface area contributed by atoms with Crippen LogP contribution in [0, 0.1) is 11.8 Å². The number of benzene rings is 2. The summed E-state index contributed by atoms with van der Waals surface area (Å²) in [6.45, 7) is 6.57. The summed E-state index contributed by atoms with van der Waals surface area (Å²) in [6.07, 6.45) is -2.72. The van der Waals surface area contributed by atoms with Crippen LogP contribution in [0.3, 0.4) is 0 Å². The zero-order chi connectivity index (χ0) is 45.7. The lowest BCUT2D eigenvalue weighted by molar-refractivity contribution is -0.139. The maximum Gasteiger partial charge on any atom is 0.552 e. The molecule has 2 aromatic carbocycles. The van der Waals surface area contributed by atoms with Gasteiger partial charge in [-0.25, -0.2) is 0 Å². The van der Waals surface area contributed by atoms with Crippen LogP contribution in [-0.2, 0) is 47.4 Å². The Balaban J connectivity index is 1.17. The van der Waals surface area contributed by atoms with E-state index in [1.807, 2.05) is 27.7 Å². The van der Waals surface area contributed by atoms with Gasteiger partial charge in [-0.2, -0.15) is 0 Å². The average molecular weight is 942 g/mol. The van der Waals surface area contributed by atoms with Crippen LogP contribution in [0.1, 0.15) is 74.1 Å². The molecule has 62 heavy (non-hydrogen) atoms. The van der Waals surface area contributed by atoms with Crippen molar-refractivity contribution in [1.29, 1.82) is 0 Å². The van der Waals surface area contributed by atoms with Gasteiger partial charge in [0.05, 0.1) is 59.0 Å². The molecule has 0 saturated carbocycles. The van der Waals surface area contributed by atoms with Crippen molar-refractivity contribution in [2.75, 3.05) is 26.2 Å². The summed E-state index contributed by atoms with van der Waals surface area (Å²) in [4.78, 5) is 101. The van der Waals surface area contributed by atoms with Crippen LogP contribution in [0.25, 0.3) is 0 Å². The Morgan fingerprint density at radius 2 is 0.952 bits per heavy atom. The third kappa shape index (κ3) is 15.6. The van der Waals surface area contributed by atoms with Crippen molar-refractivity contribution in [2.45, 2.75) is 77.5 Å². The van der Waals surface area contributed by atoms with E-state index in [1.165, 1.54) is 36.4 Å². The van der Waals surface area contributed by atoms with Gasteiger partial charge < -0.3 is 50.5 Å². The van der Waals surface area contributed by atoms with Gasteiger partial charge in [-0.1, -0.05) is 74.1 Å². The molecule has 334 valence electrons. The first-order valence-electron chi connectivity index (χ1n) is 19.6. The lowest BCUT2D eigenvalue weighted by Gasteiger charge is -2.21. The van der Waals surface area contributed by atoms with Gasteiger partial charge in [0, 0.05) is 23.1 Å². The Morgan fingerprint density at radius 1 is 0.581 bits per heavy atom. The molecule has 18 nitrogen and oxygen atoms in total. The molecule has 0 radical (unpaired) electrons. The number of hydrogen-bond donors (Lipinski definition) is 6. The van der Waals surface area contributed by atoms with E-state index in [-0.39, 0.29) is 56.1 Å². The topological polar surface area (TPSA) is 246 Å². The van der Waals surface area contributed by atoms with E-state index in [4.69, 9.17) is 65.0 Å². The molecule has 2 saturated heterocycles. The fraction of sp³-hybridized carbons (Fsp3) is 0.474. The first-order chi connectivity index (χ1) is 29.3. The predicted molar refractivity (Wildman–Crippen MR) is 229 cm³/mol. The highest BCUT2D eigenvalue weighted by Gasteiger charge is 2.48. The van der Waals surface area contributed by atoms with Crippen LogP contribution in [0.2, 0.25) is 20.1 Å². The Bertz CT molecular complexity index is 1880. The smallest absolute Gasteiger partial charge is 0.506 e. The molecule has 2 aliphatic heterocycles. The molecule has 0 unspecified atom stereocenters. The maximum atomic E-state index is 12.8. The highest BCUT2D eigenvalue weighted by atomic mass is 35.5.